The van der Waals surface area contributed by atoms with Crippen LogP contribution in [0.1, 0.15) is 0 Å². The van der Waals surface area contributed by atoms with Gasteiger partial charge in [-0.15, -0.1) is 0 Å². The highest BCUT2D eigenvalue weighted by Gasteiger charge is 1.75. The predicted molar refractivity (Wildman–Crippen MR) is 49.2 cm³/mol. The van der Waals surface area contributed by atoms with Crippen LogP contribution < -0.4 is 0 Å². The molecule has 0 aromatic carbocycles. The Morgan fingerprint density at radius 1 is 1.33 bits per heavy atom. The zero-order chi connectivity index (χ0) is 7.11. The van der Waals surface area contributed by atoms with Crippen molar-refractivity contribution >= 4 is 34.2 Å². The number of alkyl halides is 1. The van der Waals surface area contributed by atoms with Crippen molar-refractivity contribution in [2.24, 2.45) is 0 Å². The number of aromatic nitrogens is 1. The van der Waals surface area contributed by atoms with Gasteiger partial charge >= 0.3 is 0 Å². The van der Waals surface area contributed by atoms with E-state index < -0.39 is 0 Å². The number of pyridine rings is 1. The van der Waals surface area contributed by atoms with E-state index >= 15 is 0 Å². The van der Waals surface area contributed by atoms with Crippen LogP contribution in [0, 0.1) is 0 Å². The molecule has 0 saturated carbocycles. The summed E-state index contributed by atoms with van der Waals surface area (Å²) in [6.07, 6.45) is 3.31. The summed E-state index contributed by atoms with van der Waals surface area (Å²) in [6.45, 7) is 0. The van der Waals surface area contributed by atoms with Crippen molar-refractivity contribution < 1.29 is 0 Å². The Labute approximate surface area is 73.6 Å². The van der Waals surface area contributed by atoms with E-state index in [2.05, 4.69) is 27.6 Å². The zero-order valence-corrected chi connectivity index (χ0v) is 7.93. The van der Waals surface area contributed by atoms with E-state index in [1.54, 1.807) is 24.5 Å². The molecular weight excluding hydrogens is 248 g/mol. The molecule has 1 rings (SSSR count). The smallest absolute Gasteiger partial charge is 0.0436 e. The molecule has 0 spiro atoms. The van der Waals surface area contributed by atoms with Gasteiger partial charge in [0, 0.05) is 17.4 Å². The maximum Gasteiger partial charge on any atom is 0.0436 e. The van der Waals surface area contributed by atoms with Crippen LogP contribution in [0.4, 0.5) is 0 Å². The van der Waals surface area contributed by atoms with Crippen molar-refractivity contribution in [3.05, 3.63) is 29.5 Å². The molecule has 9 heavy (non-hydrogen) atoms. The lowest BCUT2D eigenvalue weighted by Crippen LogP contribution is -1.63. The van der Waals surface area contributed by atoms with Crippen molar-refractivity contribution in [2.75, 3.05) is 4.93 Å². The Kier molecular flexibility index (Phi) is 6.41. The fourth-order valence-corrected chi connectivity index (χ4v) is 0.446. The van der Waals surface area contributed by atoms with E-state index in [9.17, 15) is 0 Å². The summed E-state index contributed by atoms with van der Waals surface area (Å²) < 4.78 is 0. The molecule has 0 unspecified atom stereocenters. The van der Waals surface area contributed by atoms with Crippen molar-refractivity contribution in [1.82, 2.24) is 4.98 Å². The number of hydrogen-bond acceptors (Lipinski definition) is 1. The summed E-state index contributed by atoms with van der Waals surface area (Å²) in [6, 6.07) is 3.48. The number of nitrogens with zero attached hydrogens (tertiary/aromatic N) is 1. The first-order chi connectivity index (χ1) is 4.39. The zero-order valence-electron chi connectivity index (χ0n) is 5.01. The van der Waals surface area contributed by atoms with Crippen LogP contribution in [0.25, 0.3) is 0 Å². The van der Waals surface area contributed by atoms with Crippen LogP contribution in [-0.2, 0) is 0 Å². The first-order valence-corrected chi connectivity index (χ1v) is 4.86. The summed E-state index contributed by atoms with van der Waals surface area (Å²) in [5, 5.41) is 0.731. The molecule has 1 nitrogen and oxygen atoms in total. The molecule has 0 aliphatic heterocycles. The standard InChI is InChI=1S/C5H4ClN.CH3I/c6-5-1-3-7-4-2-5;1-2/h1-4H;1H3. The summed E-state index contributed by atoms with van der Waals surface area (Å²) >= 11 is 7.65. The van der Waals surface area contributed by atoms with Crippen molar-refractivity contribution in [1.29, 1.82) is 0 Å². The van der Waals surface area contributed by atoms with Crippen LogP contribution in [0.2, 0.25) is 5.02 Å². The van der Waals surface area contributed by atoms with Gasteiger partial charge in [-0.2, -0.15) is 0 Å². The van der Waals surface area contributed by atoms with Crippen LogP contribution >= 0.6 is 34.2 Å². The van der Waals surface area contributed by atoms with E-state index in [0.29, 0.717) is 0 Å². The van der Waals surface area contributed by atoms with Crippen molar-refractivity contribution in [3.63, 3.8) is 0 Å². The molecule has 50 valence electrons. The van der Waals surface area contributed by atoms with Gasteiger partial charge in [0.2, 0.25) is 0 Å². The SMILES string of the molecule is CI.Clc1ccncc1. The Hall–Kier alpha value is 0.170. The summed E-state index contributed by atoms with van der Waals surface area (Å²) in [5.41, 5.74) is 0. The van der Waals surface area contributed by atoms with E-state index in [4.69, 9.17) is 11.6 Å². The molecule has 0 atom stereocenters. The van der Waals surface area contributed by atoms with Gasteiger partial charge in [-0.3, -0.25) is 4.98 Å². The fraction of sp³-hybridized carbons (Fsp3) is 0.167. The third-order valence-electron chi connectivity index (χ3n) is 0.640. The van der Waals surface area contributed by atoms with Gasteiger partial charge in [0.1, 0.15) is 0 Å². The Morgan fingerprint density at radius 3 is 2.00 bits per heavy atom. The largest absolute Gasteiger partial charge is 0.265 e. The molecule has 0 N–H and O–H groups in total. The first-order valence-electron chi connectivity index (χ1n) is 2.33. The Morgan fingerprint density at radius 2 is 1.78 bits per heavy atom. The lowest BCUT2D eigenvalue weighted by molar-refractivity contribution is 1.33. The summed E-state index contributed by atoms with van der Waals surface area (Å²) in [5.74, 6) is 0. The molecule has 0 amide bonds. The van der Waals surface area contributed by atoms with Gasteiger partial charge < -0.3 is 0 Å². The maximum absolute atomic E-state index is 5.50. The summed E-state index contributed by atoms with van der Waals surface area (Å²) in [4.78, 5) is 5.73. The second kappa shape index (κ2) is 6.29. The predicted octanol–water partition coefficient (Wildman–Crippen LogP) is 2.79. The fourth-order valence-electron chi connectivity index (χ4n) is 0.334. The minimum Gasteiger partial charge on any atom is -0.265 e. The lowest BCUT2D eigenvalue weighted by Gasteiger charge is -1.79. The van der Waals surface area contributed by atoms with E-state index in [1.807, 2.05) is 4.93 Å². The van der Waals surface area contributed by atoms with Gasteiger partial charge in [-0.25, -0.2) is 0 Å². The summed E-state index contributed by atoms with van der Waals surface area (Å²) in [7, 11) is 0. The van der Waals surface area contributed by atoms with Gasteiger partial charge in [-0.1, -0.05) is 34.2 Å². The first kappa shape index (κ1) is 9.17. The quantitative estimate of drug-likeness (QED) is 0.513. The highest BCUT2D eigenvalue weighted by Crippen LogP contribution is 2.01. The maximum atomic E-state index is 5.50. The molecule has 1 heterocycles. The Bertz CT molecular complexity index is 143. The second-order valence-electron chi connectivity index (χ2n) is 1.17. The Balaban J connectivity index is 0.000000291. The average Bonchev–Trinajstić information content (AvgIpc) is 1.94. The van der Waals surface area contributed by atoms with Crippen LogP contribution in [0.3, 0.4) is 0 Å². The van der Waals surface area contributed by atoms with Gasteiger partial charge in [-0.05, 0) is 17.1 Å². The topological polar surface area (TPSA) is 12.9 Å². The molecule has 0 aliphatic rings. The number of halogens is 2. The lowest BCUT2D eigenvalue weighted by atomic mass is 10.5. The minimum atomic E-state index is 0.731. The van der Waals surface area contributed by atoms with E-state index in [-0.39, 0.29) is 0 Å². The molecule has 0 aliphatic carbocycles. The monoisotopic (exact) mass is 255 g/mol. The van der Waals surface area contributed by atoms with Crippen molar-refractivity contribution in [3.8, 4) is 0 Å². The van der Waals surface area contributed by atoms with Gasteiger partial charge in [0.05, 0.1) is 0 Å². The molecule has 1 aromatic rings. The number of rotatable bonds is 0. The third kappa shape index (κ3) is 4.66. The van der Waals surface area contributed by atoms with Crippen LogP contribution in [0.15, 0.2) is 24.5 Å². The third-order valence-corrected chi connectivity index (χ3v) is 0.892. The molecular formula is C6H7ClIN. The highest BCUT2D eigenvalue weighted by molar-refractivity contribution is 14.1. The second-order valence-corrected chi connectivity index (χ2v) is 1.60. The van der Waals surface area contributed by atoms with Crippen LogP contribution in [-0.4, -0.2) is 9.91 Å². The normalized spacial score (nSPS) is 7.44. The van der Waals surface area contributed by atoms with Gasteiger partial charge in [0.25, 0.3) is 0 Å². The van der Waals surface area contributed by atoms with Crippen molar-refractivity contribution in [2.45, 2.75) is 0 Å². The average molecular weight is 255 g/mol. The van der Waals surface area contributed by atoms with Gasteiger partial charge in [0.15, 0.2) is 0 Å². The molecule has 0 fully saturated rings. The molecule has 0 bridgehead atoms. The highest BCUT2D eigenvalue weighted by atomic mass is 127. The molecule has 3 heteroatoms. The molecule has 0 saturated heterocycles. The van der Waals surface area contributed by atoms with E-state index in [0.717, 1.165) is 5.02 Å². The number of hydrogen-bond donors (Lipinski definition) is 0. The molecule has 0 radical (unpaired) electrons. The van der Waals surface area contributed by atoms with Crippen LogP contribution in [0.5, 0.6) is 0 Å². The molecule has 1 aromatic heterocycles. The van der Waals surface area contributed by atoms with E-state index in [1.165, 1.54) is 0 Å². The minimum absolute atomic E-state index is 0.731.